The van der Waals surface area contributed by atoms with Gasteiger partial charge in [-0.3, -0.25) is 19.0 Å². The van der Waals surface area contributed by atoms with Crippen molar-refractivity contribution in [2.24, 2.45) is 0 Å². The molecule has 0 radical (unpaired) electrons. The summed E-state index contributed by atoms with van der Waals surface area (Å²) in [5, 5.41) is 11.5. The maximum Gasteiger partial charge on any atom is 0.515 e. The van der Waals surface area contributed by atoms with Crippen LogP contribution in [0.4, 0.5) is 9.59 Å². The average Bonchev–Trinajstić information content (AvgIpc) is 3.75. The van der Waals surface area contributed by atoms with Crippen LogP contribution < -0.4 is 15.9 Å². The molecule has 67 heavy (non-hydrogen) atoms. The standard InChI is InChI=1S/C25H27ClN2O5.C20H19ClN2O2.C5H9ClO3/c1-3-31-13-14-32-25(30)33-24-22(23(29)27-11-7-8-12-28(24)27)20-15-17(2)19(16-21(20)26)18-9-5-4-6-10-18;1-13-11-16(17(21)12-15(13)14-7-3-2-4-8-14)18-19(24)22-9-5-6-10-23(22)20(18)25;1-2-8-3-4-9-5(6)7/h4-6,9-10,15-16H,3,7-8,11-14H2,1-2H3;2-4,7-8,11-12,24H,5-6,9-10H2,1H3;2-4H2,1H3. The zero-order valence-electron chi connectivity index (χ0n) is 38.0. The summed E-state index contributed by atoms with van der Waals surface area (Å²) in [4.78, 5) is 48.4. The predicted molar refractivity (Wildman–Crippen MR) is 261 cm³/mol. The van der Waals surface area contributed by atoms with Crippen LogP contribution in [0.1, 0.15) is 50.7 Å². The summed E-state index contributed by atoms with van der Waals surface area (Å²) in [6, 6.07) is 27.4. The van der Waals surface area contributed by atoms with E-state index in [0.717, 1.165) is 59.1 Å². The number of aromatic nitrogens is 4. The normalized spacial score (nSPS) is 12.7. The van der Waals surface area contributed by atoms with E-state index in [1.807, 2.05) is 113 Å². The monoisotopic (exact) mass is 976 g/mol. The fraction of sp³-hybridized carbons (Fsp3) is 0.360. The van der Waals surface area contributed by atoms with Gasteiger partial charge in [0.1, 0.15) is 24.3 Å². The fourth-order valence-corrected chi connectivity index (χ4v) is 8.61. The number of fused-ring (bicyclic) bond motifs is 2. The summed E-state index contributed by atoms with van der Waals surface area (Å²) in [6.45, 7) is 12.2. The van der Waals surface area contributed by atoms with Crippen LogP contribution in [0.3, 0.4) is 0 Å². The molecule has 17 heteroatoms. The van der Waals surface area contributed by atoms with Gasteiger partial charge in [0.2, 0.25) is 11.8 Å². The average molecular weight is 978 g/mol. The number of hydrogen-bond donors (Lipinski definition) is 1. The van der Waals surface area contributed by atoms with Crippen molar-refractivity contribution in [2.75, 3.05) is 39.6 Å². The quantitative estimate of drug-likeness (QED) is 0.0672. The Balaban J connectivity index is 0.000000192. The third-order valence-electron chi connectivity index (χ3n) is 11.2. The van der Waals surface area contributed by atoms with Crippen molar-refractivity contribution in [3.05, 3.63) is 127 Å². The molecule has 6 aromatic rings. The van der Waals surface area contributed by atoms with Crippen LogP contribution >= 0.6 is 34.8 Å². The lowest BCUT2D eigenvalue weighted by Crippen LogP contribution is -2.27. The van der Waals surface area contributed by atoms with Gasteiger partial charge in [-0.25, -0.2) is 19.0 Å². The highest BCUT2D eigenvalue weighted by atomic mass is 35.5. The minimum atomic E-state index is -0.879. The number of hydrogen-bond acceptors (Lipinski definition) is 10. The van der Waals surface area contributed by atoms with Crippen LogP contribution in [-0.2, 0) is 45.1 Å². The Morgan fingerprint density at radius 1 is 0.582 bits per heavy atom. The molecule has 8 rings (SSSR count). The second-order valence-corrected chi connectivity index (χ2v) is 16.7. The third-order valence-corrected chi connectivity index (χ3v) is 11.9. The van der Waals surface area contributed by atoms with Gasteiger partial charge < -0.3 is 28.8 Å². The summed E-state index contributed by atoms with van der Waals surface area (Å²) < 4.78 is 31.7. The van der Waals surface area contributed by atoms with Gasteiger partial charge in [-0.1, -0.05) is 83.9 Å². The van der Waals surface area contributed by atoms with E-state index in [0.29, 0.717) is 72.7 Å². The highest BCUT2D eigenvalue weighted by molar-refractivity contribution is 6.61. The number of aryl methyl sites for hydroxylation is 2. The summed E-state index contributed by atoms with van der Waals surface area (Å²) in [6.07, 6.45) is 2.78. The van der Waals surface area contributed by atoms with Gasteiger partial charge in [-0.15, -0.1) is 0 Å². The van der Waals surface area contributed by atoms with E-state index in [2.05, 4.69) is 4.74 Å². The van der Waals surface area contributed by atoms with Crippen molar-refractivity contribution < 1.29 is 38.4 Å². The van der Waals surface area contributed by atoms with Gasteiger partial charge in [-0.2, -0.15) is 0 Å². The molecule has 0 unspecified atom stereocenters. The fourth-order valence-electron chi connectivity index (χ4n) is 8.02. The first-order valence-electron chi connectivity index (χ1n) is 22.3. The molecule has 0 saturated heterocycles. The Bertz CT molecular complexity index is 2760. The zero-order chi connectivity index (χ0) is 48.0. The number of rotatable bonds is 13. The summed E-state index contributed by atoms with van der Waals surface area (Å²) in [5.74, 6) is 0.174. The van der Waals surface area contributed by atoms with E-state index in [1.165, 1.54) is 0 Å². The first-order valence-corrected chi connectivity index (χ1v) is 23.4. The van der Waals surface area contributed by atoms with Gasteiger partial charge in [0.05, 0.1) is 13.2 Å². The number of aromatic hydroxyl groups is 1. The minimum Gasteiger partial charge on any atom is -0.493 e. The number of benzene rings is 4. The van der Waals surface area contributed by atoms with E-state index < -0.39 is 11.6 Å². The number of carbonyl (C=O) groups is 2. The summed E-state index contributed by atoms with van der Waals surface area (Å²) >= 11 is 18.1. The molecule has 0 saturated carbocycles. The van der Waals surface area contributed by atoms with Crippen molar-refractivity contribution in [2.45, 2.75) is 79.6 Å². The van der Waals surface area contributed by atoms with Crippen LogP contribution in [0.25, 0.3) is 44.5 Å². The van der Waals surface area contributed by atoms with Gasteiger partial charge in [0.15, 0.2) is 0 Å². The highest BCUT2D eigenvalue weighted by Crippen LogP contribution is 2.40. The summed E-state index contributed by atoms with van der Waals surface area (Å²) in [5.41, 5.74) is 6.58. The molecule has 2 aliphatic heterocycles. The number of carbonyl (C=O) groups excluding carboxylic acids is 2. The lowest BCUT2D eigenvalue weighted by Gasteiger charge is -2.18. The maximum atomic E-state index is 13.4. The molecule has 0 spiro atoms. The maximum absolute atomic E-state index is 13.4. The molecule has 0 atom stereocenters. The molecule has 356 valence electrons. The van der Waals surface area contributed by atoms with Gasteiger partial charge in [0.25, 0.3) is 11.1 Å². The second kappa shape index (κ2) is 24.3. The highest BCUT2D eigenvalue weighted by Gasteiger charge is 2.29. The Hall–Kier alpha value is -5.77. The van der Waals surface area contributed by atoms with Crippen LogP contribution in [0.15, 0.2) is 94.5 Å². The Morgan fingerprint density at radius 3 is 1.49 bits per heavy atom. The largest absolute Gasteiger partial charge is 0.515 e. The number of ether oxygens (including phenoxy) is 5. The van der Waals surface area contributed by atoms with Crippen LogP contribution in [0.5, 0.6) is 11.8 Å². The van der Waals surface area contributed by atoms with Crippen molar-refractivity contribution in [1.29, 1.82) is 0 Å². The molecule has 4 aromatic carbocycles. The second-order valence-electron chi connectivity index (χ2n) is 15.6. The Kier molecular flexibility index (Phi) is 18.4. The first-order chi connectivity index (χ1) is 32.4. The van der Waals surface area contributed by atoms with E-state index in [1.54, 1.807) is 18.7 Å². The van der Waals surface area contributed by atoms with E-state index in [4.69, 9.17) is 53.8 Å². The molecular weight excluding hydrogens is 923 g/mol. The third kappa shape index (κ3) is 12.4. The van der Waals surface area contributed by atoms with Gasteiger partial charge in [0, 0.05) is 72.2 Å². The smallest absolute Gasteiger partial charge is 0.493 e. The lowest BCUT2D eigenvalue weighted by molar-refractivity contribution is 0.0537. The van der Waals surface area contributed by atoms with Crippen molar-refractivity contribution in [1.82, 2.24) is 18.7 Å². The van der Waals surface area contributed by atoms with Gasteiger partial charge in [-0.05, 0) is 111 Å². The Labute approximate surface area is 404 Å². The van der Waals surface area contributed by atoms with E-state index >= 15 is 0 Å². The molecule has 0 fully saturated rings. The molecule has 2 aromatic heterocycles. The van der Waals surface area contributed by atoms with Crippen LogP contribution in [-0.4, -0.2) is 75.1 Å². The van der Waals surface area contributed by atoms with Crippen LogP contribution in [0, 0.1) is 13.8 Å². The molecule has 2 aliphatic rings. The summed E-state index contributed by atoms with van der Waals surface area (Å²) in [7, 11) is 0. The molecule has 1 N–H and O–H groups in total. The minimum absolute atomic E-state index is 0.0125. The van der Waals surface area contributed by atoms with Crippen molar-refractivity contribution in [3.8, 4) is 56.3 Å². The topological polar surface area (TPSA) is 154 Å². The molecule has 4 heterocycles. The van der Waals surface area contributed by atoms with Crippen LogP contribution in [0.2, 0.25) is 10.0 Å². The SMILES string of the molecule is CCOCCOC(=O)Cl.CCOCCOC(=O)Oc1c(-c2cc(C)c(-c3ccccc3)cc2Cl)c(=O)n2n1CCCC2.Cc1cc(-c2c(O)n3n(c2=O)CCCC3)c(Cl)cc1-c1ccccc1. The molecule has 14 nitrogen and oxygen atoms in total. The van der Waals surface area contributed by atoms with E-state index in [-0.39, 0.29) is 48.3 Å². The Morgan fingerprint density at radius 2 is 1.01 bits per heavy atom. The molecule has 0 amide bonds. The van der Waals surface area contributed by atoms with Crippen molar-refractivity contribution in [3.63, 3.8) is 0 Å². The van der Waals surface area contributed by atoms with Gasteiger partial charge >= 0.3 is 11.6 Å². The molecular formula is C50H55Cl3N4O10. The molecule has 0 bridgehead atoms. The number of nitrogens with zero attached hydrogens (tertiary/aromatic N) is 4. The van der Waals surface area contributed by atoms with Crippen molar-refractivity contribution >= 4 is 46.4 Å². The zero-order valence-corrected chi connectivity index (χ0v) is 40.3. The predicted octanol–water partition coefficient (Wildman–Crippen LogP) is 11.1. The molecule has 0 aliphatic carbocycles. The number of halogens is 3. The van der Waals surface area contributed by atoms with E-state index in [9.17, 15) is 24.3 Å². The first kappa shape index (κ1) is 50.6. The lowest BCUT2D eigenvalue weighted by atomic mass is 9.96.